The highest BCUT2D eigenvalue weighted by molar-refractivity contribution is 7.26. The Balaban J connectivity index is 1.10. The van der Waals surface area contributed by atoms with Gasteiger partial charge in [-0.05, 0) is 98.2 Å². The molecule has 218 valence electrons. The lowest BCUT2D eigenvalue weighted by Gasteiger charge is -2.23. The van der Waals surface area contributed by atoms with E-state index in [0.29, 0.717) is 5.92 Å². The minimum Gasteiger partial charge on any atom is -0.135 e. The van der Waals surface area contributed by atoms with Crippen molar-refractivity contribution in [2.75, 3.05) is 0 Å². The molecule has 7 aromatic rings. The van der Waals surface area contributed by atoms with Crippen molar-refractivity contribution in [1.82, 2.24) is 0 Å². The van der Waals surface area contributed by atoms with Crippen LogP contribution in [0.3, 0.4) is 0 Å². The zero-order valence-electron chi connectivity index (χ0n) is 25.5. The van der Waals surface area contributed by atoms with E-state index in [0.717, 1.165) is 19.3 Å². The van der Waals surface area contributed by atoms with E-state index < -0.39 is 0 Å². The maximum Gasteiger partial charge on any atom is 0.0361 e. The molecule has 0 aliphatic heterocycles. The van der Waals surface area contributed by atoms with Gasteiger partial charge in [-0.3, -0.25) is 0 Å². The van der Waals surface area contributed by atoms with E-state index in [4.69, 9.17) is 0 Å². The summed E-state index contributed by atoms with van der Waals surface area (Å²) < 4.78 is 2.74. The average Bonchev–Trinajstić information content (AvgIpc) is 3.79. The maximum absolute atomic E-state index is 2.44. The predicted octanol–water partition coefficient (Wildman–Crippen LogP) is 12.0. The Morgan fingerprint density at radius 1 is 0.522 bits per heavy atom. The van der Waals surface area contributed by atoms with Gasteiger partial charge in [0.05, 0.1) is 0 Å². The number of allylic oxidation sites excluding steroid dienone is 4. The van der Waals surface area contributed by atoms with Crippen molar-refractivity contribution in [1.29, 1.82) is 0 Å². The predicted molar refractivity (Wildman–Crippen MR) is 195 cm³/mol. The molecular weight excluding hydrogens is 573 g/mol. The lowest BCUT2D eigenvalue weighted by Crippen LogP contribution is -2.07. The van der Waals surface area contributed by atoms with Crippen LogP contribution in [0, 0.1) is 0 Å². The third-order valence-electron chi connectivity index (χ3n) is 10.7. The summed E-state index contributed by atoms with van der Waals surface area (Å²) in [5.41, 5.74) is 17.2. The van der Waals surface area contributed by atoms with E-state index in [1.165, 1.54) is 86.9 Å². The molecule has 2 atom stereocenters. The second kappa shape index (κ2) is 10.3. The lowest BCUT2D eigenvalue weighted by atomic mass is 9.81. The third-order valence-corrected chi connectivity index (χ3v) is 11.8. The van der Waals surface area contributed by atoms with Crippen LogP contribution in [0.4, 0.5) is 0 Å². The Labute approximate surface area is 274 Å². The maximum atomic E-state index is 2.44. The van der Waals surface area contributed by atoms with Gasteiger partial charge in [-0.2, -0.15) is 0 Å². The first-order valence-corrected chi connectivity index (χ1v) is 17.3. The summed E-state index contributed by atoms with van der Waals surface area (Å²) in [7, 11) is 0. The molecule has 3 aliphatic rings. The fourth-order valence-corrected chi connectivity index (χ4v) is 9.77. The Hall–Kier alpha value is -4.98. The van der Waals surface area contributed by atoms with Crippen molar-refractivity contribution in [2.45, 2.75) is 31.1 Å². The van der Waals surface area contributed by atoms with Crippen LogP contribution < -0.4 is 0 Å². The zero-order chi connectivity index (χ0) is 30.2. The summed E-state index contributed by atoms with van der Waals surface area (Å²) in [4.78, 5) is 0. The molecule has 1 aromatic heterocycles. The fraction of sp³-hybridized carbons (Fsp3) is 0.111. The molecule has 10 rings (SSSR count). The Morgan fingerprint density at radius 3 is 2.22 bits per heavy atom. The van der Waals surface area contributed by atoms with Gasteiger partial charge < -0.3 is 0 Å². The van der Waals surface area contributed by atoms with E-state index in [-0.39, 0.29) is 5.92 Å². The van der Waals surface area contributed by atoms with Crippen LogP contribution in [0.15, 0.2) is 146 Å². The fourth-order valence-electron chi connectivity index (χ4n) is 8.65. The molecule has 0 amide bonds. The van der Waals surface area contributed by atoms with Crippen LogP contribution in [0.1, 0.15) is 62.8 Å². The van der Waals surface area contributed by atoms with Gasteiger partial charge in [-0.1, -0.05) is 133 Å². The number of hydrogen-bond donors (Lipinski definition) is 0. The molecule has 46 heavy (non-hydrogen) atoms. The summed E-state index contributed by atoms with van der Waals surface area (Å²) in [5, 5.41) is 2.79. The SMILES string of the molecule is C1=C\Cc2c(ccc3c2-c2ccccc2C3)C(c2ccc(C3c4ccccc4-c4c3ccc3sc5ccccc5c43)cc2)C\C=C/1. The van der Waals surface area contributed by atoms with Gasteiger partial charge in [0, 0.05) is 32.0 Å². The van der Waals surface area contributed by atoms with Crippen molar-refractivity contribution < 1.29 is 0 Å². The summed E-state index contributed by atoms with van der Waals surface area (Å²) in [5.74, 6) is 0.554. The van der Waals surface area contributed by atoms with E-state index in [1.54, 1.807) is 0 Å². The monoisotopic (exact) mass is 604 g/mol. The van der Waals surface area contributed by atoms with Crippen LogP contribution >= 0.6 is 11.3 Å². The molecule has 0 spiro atoms. The number of hydrogen-bond acceptors (Lipinski definition) is 1. The molecule has 0 nitrogen and oxygen atoms in total. The molecular formula is C45H32S. The van der Waals surface area contributed by atoms with Crippen molar-refractivity contribution in [3.05, 3.63) is 190 Å². The molecule has 0 saturated carbocycles. The summed E-state index contributed by atoms with van der Waals surface area (Å²) in [6.45, 7) is 0. The van der Waals surface area contributed by atoms with Crippen LogP contribution in [0.5, 0.6) is 0 Å². The van der Waals surface area contributed by atoms with E-state index >= 15 is 0 Å². The molecule has 0 N–H and O–H groups in total. The first-order valence-electron chi connectivity index (χ1n) is 16.5. The van der Waals surface area contributed by atoms with Crippen molar-refractivity contribution in [3.63, 3.8) is 0 Å². The molecule has 6 aromatic carbocycles. The second-order valence-corrected chi connectivity index (χ2v) is 14.1. The first-order chi connectivity index (χ1) is 22.8. The number of benzene rings is 6. The Kier molecular flexibility index (Phi) is 5.86. The van der Waals surface area contributed by atoms with E-state index in [9.17, 15) is 0 Å². The van der Waals surface area contributed by atoms with Gasteiger partial charge in [0.25, 0.3) is 0 Å². The second-order valence-electron chi connectivity index (χ2n) is 13.0. The highest BCUT2D eigenvalue weighted by Gasteiger charge is 2.32. The Morgan fingerprint density at radius 2 is 1.28 bits per heavy atom. The number of thiophene rings is 1. The molecule has 0 bridgehead atoms. The van der Waals surface area contributed by atoms with Gasteiger partial charge in [0.2, 0.25) is 0 Å². The lowest BCUT2D eigenvalue weighted by molar-refractivity contribution is 0.817. The number of fused-ring (bicyclic) bond motifs is 12. The van der Waals surface area contributed by atoms with Crippen LogP contribution in [-0.2, 0) is 12.8 Å². The standard InChI is InChI=1S/C45H32S/c1-2-4-14-35-34(24-23-31-27-30-11-5-6-13-33(30)43(31)35)32(12-3-1)28-19-21-29(22-20-28)42-36-15-7-8-16-37(36)44-39(42)25-26-41-45(44)38-17-9-10-18-40(38)46-41/h1-11,13,15-26,32,42H,12,14,27H2/b3-1-,4-2-. The molecule has 2 unspecified atom stereocenters. The van der Waals surface area contributed by atoms with Gasteiger partial charge in [0.15, 0.2) is 0 Å². The van der Waals surface area contributed by atoms with Crippen LogP contribution in [0.25, 0.3) is 42.4 Å². The normalized spacial score (nSPS) is 19.0. The Bertz CT molecular complexity index is 2400. The smallest absolute Gasteiger partial charge is 0.0361 e. The largest absolute Gasteiger partial charge is 0.135 e. The van der Waals surface area contributed by atoms with E-state index in [2.05, 4.69) is 146 Å². The van der Waals surface area contributed by atoms with Crippen LogP contribution in [-0.4, -0.2) is 0 Å². The highest BCUT2D eigenvalue weighted by atomic mass is 32.1. The van der Waals surface area contributed by atoms with Gasteiger partial charge in [0.1, 0.15) is 0 Å². The molecule has 0 radical (unpaired) electrons. The van der Waals surface area contributed by atoms with E-state index in [1.807, 2.05) is 11.3 Å². The van der Waals surface area contributed by atoms with Gasteiger partial charge >= 0.3 is 0 Å². The average molecular weight is 605 g/mol. The van der Waals surface area contributed by atoms with Crippen molar-refractivity contribution in [2.24, 2.45) is 0 Å². The van der Waals surface area contributed by atoms with Crippen LogP contribution in [0.2, 0.25) is 0 Å². The molecule has 0 saturated heterocycles. The first kappa shape index (κ1) is 26.3. The molecule has 1 heteroatoms. The quantitative estimate of drug-likeness (QED) is 0.184. The molecule has 0 fully saturated rings. The number of rotatable bonds is 2. The zero-order valence-corrected chi connectivity index (χ0v) is 26.4. The topological polar surface area (TPSA) is 0 Å². The highest BCUT2D eigenvalue weighted by Crippen LogP contribution is 2.53. The molecule has 3 aliphatic carbocycles. The van der Waals surface area contributed by atoms with Crippen molar-refractivity contribution in [3.8, 4) is 22.3 Å². The third kappa shape index (κ3) is 3.85. The van der Waals surface area contributed by atoms with Gasteiger partial charge in [-0.15, -0.1) is 11.3 Å². The minimum absolute atomic E-state index is 0.236. The summed E-state index contributed by atoms with van der Waals surface area (Å²) in [6.07, 6.45) is 12.2. The minimum atomic E-state index is 0.236. The van der Waals surface area contributed by atoms with Gasteiger partial charge in [-0.25, -0.2) is 0 Å². The summed E-state index contributed by atoms with van der Waals surface area (Å²) >= 11 is 1.91. The molecule has 1 heterocycles. The van der Waals surface area contributed by atoms with Crippen molar-refractivity contribution >= 4 is 31.5 Å². The summed E-state index contributed by atoms with van der Waals surface area (Å²) in [6, 6.07) is 46.3.